The molecule has 1 N–H and O–H groups in total. The average Bonchev–Trinajstić information content (AvgIpc) is 2.94. The van der Waals surface area contributed by atoms with Crippen LogP contribution in [-0.4, -0.2) is 41.0 Å². The third-order valence-corrected chi connectivity index (χ3v) is 4.88. The number of aryl methyl sites for hydroxylation is 1. The van der Waals surface area contributed by atoms with Gasteiger partial charge >= 0.3 is 0 Å². The average molecular weight is 278 g/mol. The third kappa shape index (κ3) is 2.83. The largest absolute Gasteiger partial charge is 0.311 e. The number of nitrogens with zero attached hydrogens (tertiary/aromatic N) is 3. The van der Waals surface area contributed by atoms with E-state index in [1.54, 1.807) is 11.3 Å². The molecule has 0 saturated carbocycles. The number of aromatic nitrogens is 2. The zero-order valence-corrected chi connectivity index (χ0v) is 12.5. The Balaban J connectivity index is 1.54. The molecule has 1 fully saturated rings. The highest BCUT2D eigenvalue weighted by atomic mass is 32.1. The molecular weight excluding hydrogens is 256 g/mol. The van der Waals surface area contributed by atoms with Crippen LogP contribution in [0.4, 0.5) is 0 Å². The molecule has 3 rings (SSSR count). The second-order valence-corrected chi connectivity index (χ2v) is 6.45. The van der Waals surface area contributed by atoms with Crippen LogP contribution in [0.5, 0.6) is 0 Å². The standard InChI is InChI=1S/C14H22N4S/c1-11-13(18-7-8-19-14(18)16-11)10-15-9-12-3-5-17(2)6-4-12/h7-8,12,15H,3-6,9-10H2,1-2H3. The number of thiazole rings is 1. The molecule has 0 amide bonds. The Labute approximate surface area is 118 Å². The summed E-state index contributed by atoms with van der Waals surface area (Å²) >= 11 is 1.70. The first-order valence-corrected chi connectivity index (χ1v) is 7.92. The Morgan fingerprint density at radius 1 is 1.42 bits per heavy atom. The van der Waals surface area contributed by atoms with Crippen molar-refractivity contribution in [3.8, 4) is 0 Å². The lowest BCUT2D eigenvalue weighted by atomic mass is 9.97. The lowest BCUT2D eigenvalue weighted by Crippen LogP contribution is -2.34. The molecule has 0 radical (unpaired) electrons. The van der Waals surface area contributed by atoms with Gasteiger partial charge in [-0.3, -0.25) is 4.40 Å². The maximum Gasteiger partial charge on any atom is 0.194 e. The molecule has 104 valence electrons. The van der Waals surface area contributed by atoms with E-state index in [0.717, 1.165) is 29.7 Å². The summed E-state index contributed by atoms with van der Waals surface area (Å²) in [4.78, 5) is 8.11. The predicted molar refractivity (Wildman–Crippen MR) is 79.7 cm³/mol. The van der Waals surface area contributed by atoms with Crippen LogP contribution in [0.1, 0.15) is 24.2 Å². The topological polar surface area (TPSA) is 32.6 Å². The van der Waals surface area contributed by atoms with E-state index in [9.17, 15) is 0 Å². The molecule has 0 bridgehead atoms. The molecule has 0 unspecified atom stereocenters. The monoisotopic (exact) mass is 278 g/mol. The summed E-state index contributed by atoms with van der Waals surface area (Å²) in [6, 6.07) is 0. The Bertz CT molecular complexity index is 537. The minimum absolute atomic E-state index is 0.836. The van der Waals surface area contributed by atoms with Gasteiger partial charge in [-0.15, -0.1) is 11.3 Å². The summed E-state index contributed by atoms with van der Waals surface area (Å²) in [5.74, 6) is 0.836. The highest BCUT2D eigenvalue weighted by Crippen LogP contribution is 2.18. The molecule has 1 aliphatic heterocycles. The SMILES string of the molecule is Cc1nc2sccn2c1CNCC1CCN(C)CC1. The van der Waals surface area contributed by atoms with Crippen LogP contribution >= 0.6 is 11.3 Å². The van der Waals surface area contributed by atoms with Gasteiger partial charge in [-0.05, 0) is 52.4 Å². The van der Waals surface area contributed by atoms with Crippen LogP contribution < -0.4 is 5.32 Å². The molecule has 2 aromatic heterocycles. The van der Waals surface area contributed by atoms with Crippen molar-refractivity contribution < 1.29 is 0 Å². The van der Waals surface area contributed by atoms with Crippen molar-refractivity contribution >= 4 is 16.3 Å². The van der Waals surface area contributed by atoms with Gasteiger partial charge in [0, 0.05) is 18.1 Å². The lowest BCUT2D eigenvalue weighted by molar-refractivity contribution is 0.216. The van der Waals surface area contributed by atoms with Gasteiger partial charge in [-0.25, -0.2) is 4.98 Å². The van der Waals surface area contributed by atoms with Crippen molar-refractivity contribution in [2.24, 2.45) is 5.92 Å². The molecule has 0 atom stereocenters. The van der Waals surface area contributed by atoms with E-state index < -0.39 is 0 Å². The molecule has 3 heterocycles. The van der Waals surface area contributed by atoms with Crippen LogP contribution in [0.3, 0.4) is 0 Å². The van der Waals surface area contributed by atoms with Crippen molar-refractivity contribution in [1.82, 2.24) is 19.6 Å². The zero-order valence-electron chi connectivity index (χ0n) is 11.7. The second-order valence-electron chi connectivity index (χ2n) is 5.58. The Morgan fingerprint density at radius 3 is 3.00 bits per heavy atom. The molecule has 2 aromatic rings. The summed E-state index contributed by atoms with van der Waals surface area (Å²) in [5.41, 5.74) is 2.46. The second kappa shape index (κ2) is 5.61. The Kier molecular flexibility index (Phi) is 3.86. The Morgan fingerprint density at radius 2 is 2.21 bits per heavy atom. The summed E-state index contributed by atoms with van der Waals surface area (Å²) in [6.07, 6.45) is 4.76. The van der Waals surface area contributed by atoms with E-state index >= 15 is 0 Å². The van der Waals surface area contributed by atoms with Crippen molar-refractivity contribution in [1.29, 1.82) is 0 Å². The molecule has 1 saturated heterocycles. The first-order chi connectivity index (χ1) is 9.24. The Hall–Kier alpha value is -0.910. The van der Waals surface area contributed by atoms with Gasteiger partial charge in [0.25, 0.3) is 0 Å². The summed E-state index contributed by atoms with van der Waals surface area (Å²) in [7, 11) is 2.21. The van der Waals surface area contributed by atoms with Crippen molar-refractivity contribution in [3.63, 3.8) is 0 Å². The normalized spacial score (nSPS) is 18.4. The van der Waals surface area contributed by atoms with E-state index in [-0.39, 0.29) is 0 Å². The minimum atomic E-state index is 0.836. The predicted octanol–water partition coefficient (Wildman–Crippen LogP) is 2.14. The number of fused-ring (bicyclic) bond motifs is 1. The molecule has 4 nitrogen and oxygen atoms in total. The van der Waals surface area contributed by atoms with Gasteiger partial charge < -0.3 is 10.2 Å². The summed E-state index contributed by atoms with van der Waals surface area (Å²) in [5, 5.41) is 5.72. The van der Waals surface area contributed by atoms with Crippen molar-refractivity contribution in [2.45, 2.75) is 26.3 Å². The van der Waals surface area contributed by atoms with Crippen LogP contribution in [0.25, 0.3) is 4.96 Å². The molecule has 0 aliphatic carbocycles. The van der Waals surface area contributed by atoms with Gasteiger partial charge in [-0.1, -0.05) is 0 Å². The van der Waals surface area contributed by atoms with Crippen molar-refractivity contribution in [2.75, 3.05) is 26.7 Å². The highest BCUT2D eigenvalue weighted by Gasteiger charge is 2.16. The number of rotatable bonds is 4. The van der Waals surface area contributed by atoms with Gasteiger partial charge in [0.05, 0.1) is 11.4 Å². The zero-order chi connectivity index (χ0) is 13.2. The quantitative estimate of drug-likeness (QED) is 0.930. The number of piperidine rings is 1. The first-order valence-electron chi connectivity index (χ1n) is 7.04. The van der Waals surface area contributed by atoms with E-state index in [2.05, 4.69) is 45.1 Å². The number of hydrogen-bond acceptors (Lipinski definition) is 4. The van der Waals surface area contributed by atoms with Crippen LogP contribution in [-0.2, 0) is 6.54 Å². The minimum Gasteiger partial charge on any atom is -0.311 e. The summed E-state index contributed by atoms with van der Waals surface area (Å²) in [6.45, 7) is 6.65. The fourth-order valence-electron chi connectivity index (χ4n) is 2.81. The molecule has 0 aromatic carbocycles. The van der Waals surface area contributed by atoms with E-state index in [1.807, 2.05) is 0 Å². The number of imidazole rings is 1. The number of likely N-dealkylation sites (tertiary alicyclic amines) is 1. The van der Waals surface area contributed by atoms with Crippen LogP contribution in [0.2, 0.25) is 0 Å². The molecular formula is C14H22N4S. The molecule has 1 aliphatic rings. The maximum atomic E-state index is 4.58. The summed E-state index contributed by atoms with van der Waals surface area (Å²) < 4.78 is 2.21. The third-order valence-electron chi connectivity index (χ3n) is 4.12. The van der Waals surface area contributed by atoms with Crippen molar-refractivity contribution in [3.05, 3.63) is 23.0 Å². The fraction of sp³-hybridized carbons (Fsp3) is 0.643. The lowest BCUT2D eigenvalue weighted by Gasteiger charge is -2.29. The van der Waals surface area contributed by atoms with Gasteiger partial charge in [0.15, 0.2) is 4.96 Å². The van der Waals surface area contributed by atoms with Crippen LogP contribution in [0.15, 0.2) is 11.6 Å². The van der Waals surface area contributed by atoms with E-state index in [1.165, 1.54) is 31.6 Å². The molecule has 5 heteroatoms. The fourth-order valence-corrected chi connectivity index (χ4v) is 3.59. The maximum absolute atomic E-state index is 4.58. The smallest absolute Gasteiger partial charge is 0.194 e. The van der Waals surface area contributed by atoms with Gasteiger partial charge in [-0.2, -0.15) is 0 Å². The number of hydrogen-bond donors (Lipinski definition) is 1. The molecule has 0 spiro atoms. The number of nitrogens with one attached hydrogen (secondary N) is 1. The van der Waals surface area contributed by atoms with Gasteiger partial charge in [0.1, 0.15) is 0 Å². The highest BCUT2D eigenvalue weighted by molar-refractivity contribution is 7.15. The van der Waals surface area contributed by atoms with Crippen LogP contribution in [0, 0.1) is 12.8 Å². The van der Waals surface area contributed by atoms with Gasteiger partial charge in [0.2, 0.25) is 0 Å². The first kappa shape index (κ1) is 13.1. The van der Waals surface area contributed by atoms with E-state index in [0.29, 0.717) is 0 Å². The van der Waals surface area contributed by atoms with E-state index in [4.69, 9.17) is 0 Å². The molecule has 19 heavy (non-hydrogen) atoms.